The fourth-order valence-corrected chi connectivity index (χ4v) is 9.53. The third-order valence-corrected chi connectivity index (χ3v) is 13.9. The summed E-state index contributed by atoms with van der Waals surface area (Å²) in [5, 5.41) is 23.8. The standard InChI is InChI=1S/C55H70F2N10O9/c1-53(2,3)46(62-52(73)76-23-21-39-40(56)25-36(26-41(39)57)42-20-22-65(8)64-42)48(69)60-43(44(68)28-59-63-49(70)47(54(4,5)6)61-51(72)74-9)24-34-13-10-33(11-14-34)12-15-35-16-19-45(58-27-35)66-29-37-17-18-38(30-66)67(37)50(71)55(7)31-75-32-55/h10-11,13-14,16,19-20,22,25-27,37-38,43-44,46-47,59,68H,17-18,21,23-24,28-32H2,1-9H3,(H,60,69)(H,61,72)(H,62,73)(H,63,70)/t37?,38?,43-,44-,46+,47+/m0/s1. The van der Waals surface area contributed by atoms with E-state index >= 15 is 8.78 Å². The van der Waals surface area contributed by atoms with Crippen LogP contribution < -0.4 is 31.7 Å². The average Bonchev–Trinajstić information content (AvgIpc) is 3.95. The number of aliphatic hydroxyl groups is 1. The van der Waals surface area contributed by atoms with Crippen LogP contribution in [0.5, 0.6) is 0 Å². The molecule has 7 rings (SSSR count). The number of fused-ring (bicyclic) bond motifs is 2. The molecule has 4 aromatic rings. The van der Waals surface area contributed by atoms with Gasteiger partial charge in [-0.15, -0.1) is 0 Å². The molecule has 0 aliphatic carbocycles. The van der Waals surface area contributed by atoms with E-state index in [1.807, 2.05) is 43.3 Å². The second-order valence-corrected chi connectivity index (χ2v) is 22.2. The van der Waals surface area contributed by atoms with E-state index in [2.05, 4.69) is 53.5 Å². The lowest BCUT2D eigenvalue weighted by Gasteiger charge is -2.47. The molecule has 2 aromatic carbocycles. The van der Waals surface area contributed by atoms with E-state index in [1.54, 1.807) is 67.1 Å². The van der Waals surface area contributed by atoms with Crippen LogP contribution >= 0.6 is 0 Å². The van der Waals surface area contributed by atoms with Crippen molar-refractivity contribution in [1.29, 1.82) is 0 Å². The van der Waals surface area contributed by atoms with E-state index in [0.717, 1.165) is 30.8 Å². The molecule has 5 amide bonds. The maximum Gasteiger partial charge on any atom is 0.407 e. The highest BCUT2D eigenvalue weighted by atomic mass is 19.1. The molecular weight excluding hydrogens is 983 g/mol. The number of rotatable bonds is 17. The average molecular weight is 1050 g/mol. The van der Waals surface area contributed by atoms with Gasteiger partial charge in [-0.05, 0) is 85.0 Å². The number of carbonyl (C=O) groups excluding carboxylic acids is 5. The number of nitrogens with zero attached hydrogens (tertiary/aromatic N) is 5. The van der Waals surface area contributed by atoms with Crippen molar-refractivity contribution >= 4 is 35.7 Å². The van der Waals surface area contributed by atoms with Gasteiger partial charge in [0.1, 0.15) is 29.5 Å². The number of methoxy groups -OCH3 is 1. The summed E-state index contributed by atoms with van der Waals surface area (Å²) in [5.74, 6) is 4.42. The van der Waals surface area contributed by atoms with Crippen LogP contribution in [0, 0.1) is 39.7 Å². The van der Waals surface area contributed by atoms with E-state index in [4.69, 9.17) is 19.2 Å². The van der Waals surface area contributed by atoms with Gasteiger partial charge in [-0.25, -0.2) is 28.8 Å². The lowest BCUT2D eigenvalue weighted by Crippen LogP contribution is -2.62. The number of aryl methyl sites for hydroxylation is 1. The summed E-state index contributed by atoms with van der Waals surface area (Å²) in [6, 6.07) is 12.1. The van der Waals surface area contributed by atoms with Gasteiger partial charge in [0, 0.05) is 79.8 Å². The predicted molar refractivity (Wildman–Crippen MR) is 278 cm³/mol. The Morgan fingerprint density at radius 2 is 1.46 bits per heavy atom. The van der Waals surface area contributed by atoms with Crippen LogP contribution in [-0.2, 0) is 48.5 Å². The fraction of sp³-hybridized carbons (Fsp3) is 0.509. The van der Waals surface area contributed by atoms with Crippen molar-refractivity contribution in [3.8, 4) is 23.1 Å². The number of hydrogen-bond donors (Lipinski definition) is 6. The van der Waals surface area contributed by atoms with Crippen molar-refractivity contribution in [2.75, 3.05) is 51.5 Å². The number of hydrazine groups is 1. The van der Waals surface area contributed by atoms with Crippen LogP contribution in [0.15, 0.2) is 67.0 Å². The minimum Gasteiger partial charge on any atom is -0.453 e. The number of ether oxygens (including phenoxy) is 3. The van der Waals surface area contributed by atoms with E-state index < -0.39 is 82.7 Å². The molecule has 3 aliphatic heterocycles. The van der Waals surface area contributed by atoms with Gasteiger partial charge in [0.25, 0.3) is 5.91 Å². The molecule has 2 unspecified atom stereocenters. The third kappa shape index (κ3) is 14.0. The van der Waals surface area contributed by atoms with Crippen molar-refractivity contribution < 1.29 is 52.1 Å². The Balaban J connectivity index is 0.992. The lowest BCUT2D eigenvalue weighted by atomic mass is 9.85. The molecule has 3 saturated heterocycles. The molecule has 2 bridgehead atoms. The van der Waals surface area contributed by atoms with Crippen LogP contribution in [0.4, 0.5) is 24.2 Å². The zero-order chi connectivity index (χ0) is 55.1. The third-order valence-electron chi connectivity index (χ3n) is 13.9. The number of nitrogens with one attached hydrogen (secondary N) is 5. The second kappa shape index (κ2) is 23.8. The number of piperazine rings is 1. The Labute approximate surface area is 442 Å². The highest BCUT2D eigenvalue weighted by Crippen LogP contribution is 2.38. The first kappa shape index (κ1) is 56.6. The van der Waals surface area contributed by atoms with Crippen LogP contribution in [-0.4, -0.2) is 138 Å². The smallest absolute Gasteiger partial charge is 0.407 e. The van der Waals surface area contributed by atoms with Gasteiger partial charge in [-0.1, -0.05) is 65.5 Å². The van der Waals surface area contributed by atoms with Gasteiger partial charge in [0.15, 0.2) is 0 Å². The van der Waals surface area contributed by atoms with E-state index in [9.17, 15) is 29.1 Å². The van der Waals surface area contributed by atoms with Gasteiger partial charge in [-0.2, -0.15) is 5.10 Å². The molecule has 3 fully saturated rings. The van der Waals surface area contributed by atoms with Gasteiger partial charge >= 0.3 is 12.2 Å². The number of pyridine rings is 1. The first-order valence-corrected chi connectivity index (χ1v) is 25.4. The Morgan fingerprint density at radius 3 is 2.01 bits per heavy atom. The number of benzene rings is 2. The number of hydrogen-bond acceptors (Lipinski definition) is 13. The minimum absolute atomic E-state index is 0.0889. The zero-order valence-corrected chi connectivity index (χ0v) is 44.6. The summed E-state index contributed by atoms with van der Waals surface area (Å²) in [6.07, 6.45) is 1.96. The summed E-state index contributed by atoms with van der Waals surface area (Å²) in [4.78, 5) is 75.1. The van der Waals surface area contributed by atoms with Gasteiger partial charge in [-0.3, -0.25) is 24.5 Å². The Kier molecular flexibility index (Phi) is 17.7. The molecule has 2 aromatic heterocycles. The molecule has 0 spiro atoms. The molecule has 408 valence electrons. The summed E-state index contributed by atoms with van der Waals surface area (Å²) in [6.45, 7) is 14.1. The normalized spacial score (nSPS) is 18.4. The van der Waals surface area contributed by atoms with Crippen LogP contribution in [0.1, 0.15) is 83.6 Å². The van der Waals surface area contributed by atoms with Gasteiger partial charge in [0.05, 0.1) is 50.2 Å². The molecule has 76 heavy (non-hydrogen) atoms. The van der Waals surface area contributed by atoms with E-state index in [1.165, 1.54) is 11.8 Å². The second-order valence-electron chi connectivity index (χ2n) is 22.2. The Bertz CT molecular complexity index is 2760. The zero-order valence-electron chi connectivity index (χ0n) is 44.6. The molecule has 5 heterocycles. The summed E-state index contributed by atoms with van der Waals surface area (Å²) in [7, 11) is 2.87. The first-order chi connectivity index (χ1) is 35.9. The number of carbonyl (C=O) groups is 5. The number of halogens is 2. The van der Waals surface area contributed by atoms with Crippen LogP contribution in [0.3, 0.4) is 0 Å². The van der Waals surface area contributed by atoms with E-state index in [0.29, 0.717) is 48.7 Å². The van der Waals surface area contributed by atoms with Crippen molar-refractivity contribution in [1.82, 2.24) is 46.5 Å². The molecule has 21 heteroatoms. The summed E-state index contributed by atoms with van der Waals surface area (Å²) < 4.78 is 47.1. The lowest BCUT2D eigenvalue weighted by molar-refractivity contribution is -0.172. The monoisotopic (exact) mass is 1050 g/mol. The molecule has 6 N–H and O–H groups in total. The van der Waals surface area contributed by atoms with Crippen LogP contribution in [0.2, 0.25) is 0 Å². The van der Waals surface area contributed by atoms with Crippen molar-refractivity contribution in [3.05, 3.63) is 101 Å². The largest absolute Gasteiger partial charge is 0.453 e. The molecule has 3 aliphatic rings. The van der Waals surface area contributed by atoms with Gasteiger partial charge < -0.3 is 45.1 Å². The van der Waals surface area contributed by atoms with Gasteiger partial charge in [0.2, 0.25) is 11.8 Å². The van der Waals surface area contributed by atoms with Crippen LogP contribution in [0.25, 0.3) is 11.3 Å². The predicted octanol–water partition coefficient (Wildman–Crippen LogP) is 4.54. The van der Waals surface area contributed by atoms with Crippen molar-refractivity contribution in [2.45, 2.75) is 110 Å². The number of aliphatic hydroxyl groups excluding tert-OH is 1. The SMILES string of the molecule is COC(=O)N[C@H](C(=O)NNC[C@H](O)[C@H](Cc1ccc(C#Cc2ccc(N3CC4CCC(C3)N4C(=O)C3(C)COC3)nc2)cc1)NC(=O)[C@@H](NC(=O)OCCc1c(F)cc(-c2ccn(C)n2)cc1F)C(C)(C)C)C(C)(C)C. The topological polar surface area (TPSA) is 231 Å². The minimum atomic E-state index is -1.34. The van der Waals surface area contributed by atoms with Crippen molar-refractivity contribution in [2.24, 2.45) is 23.3 Å². The summed E-state index contributed by atoms with van der Waals surface area (Å²) >= 11 is 0. The first-order valence-electron chi connectivity index (χ1n) is 25.4. The number of alkyl carbamates (subject to hydrolysis) is 2. The molecule has 0 radical (unpaired) electrons. The highest BCUT2D eigenvalue weighted by molar-refractivity contribution is 5.87. The Morgan fingerprint density at radius 1 is 0.855 bits per heavy atom. The van der Waals surface area contributed by atoms with Crippen molar-refractivity contribution in [3.63, 3.8) is 0 Å². The molecule has 6 atom stereocenters. The number of amides is 5. The highest BCUT2D eigenvalue weighted by Gasteiger charge is 2.51. The Hall–Kier alpha value is -7.15. The maximum absolute atomic E-state index is 15.1. The maximum atomic E-state index is 15.1. The molecular formula is C55H70F2N10O9. The number of aromatic nitrogens is 3. The summed E-state index contributed by atoms with van der Waals surface area (Å²) in [5.41, 5.74) is 5.64. The quantitative estimate of drug-likeness (QED) is 0.0632. The number of anilines is 1. The molecule has 0 saturated carbocycles. The van der Waals surface area contributed by atoms with E-state index in [-0.39, 0.29) is 48.5 Å². The molecule has 19 nitrogen and oxygen atoms in total. The fourth-order valence-electron chi connectivity index (χ4n) is 9.53.